The average molecular weight is 425 g/mol. The van der Waals surface area contributed by atoms with E-state index < -0.39 is 0 Å². The van der Waals surface area contributed by atoms with E-state index in [2.05, 4.69) is 83.1 Å². The minimum absolute atomic E-state index is 0. The van der Waals surface area contributed by atoms with E-state index in [1.165, 1.54) is 32.1 Å². The van der Waals surface area contributed by atoms with E-state index in [1.54, 1.807) is 0 Å². The summed E-state index contributed by atoms with van der Waals surface area (Å²) in [4.78, 5) is 0. The lowest BCUT2D eigenvalue weighted by molar-refractivity contribution is 0.0762. The summed E-state index contributed by atoms with van der Waals surface area (Å²) in [5.74, 6) is 6.00. The van der Waals surface area contributed by atoms with Gasteiger partial charge in [-0.25, -0.2) is 0 Å². The molecule has 184 valence electrons. The first-order valence-corrected chi connectivity index (χ1v) is 11.9. The maximum Gasteiger partial charge on any atom is -0.0301 e. The zero-order chi connectivity index (χ0) is 21.0. The van der Waals surface area contributed by atoms with Crippen LogP contribution in [0.1, 0.15) is 137 Å². The van der Waals surface area contributed by atoms with Gasteiger partial charge in [-0.05, 0) is 82.9 Å². The molecule has 6 unspecified atom stereocenters. The smallest absolute Gasteiger partial charge is 0.0301 e. The summed E-state index contributed by atoms with van der Waals surface area (Å²) in [6.07, 6.45) is 7.39. The van der Waals surface area contributed by atoms with Gasteiger partial charge < -0.3 is 0 Å². The van der Waals surface area contributed by atoms with E-state index in [9.17, 15) is 0 Å². The van der Waals surface area contributed by atoms with Crippen LogP contribution in [0.5, 0.6) is 0 Å². The van der Waals surface area contributed by atoms with Gasteiger partial charge in [0.15, 0.2) is 0 Å². The fraction of sp³-hybridized carbons (Fsp3) is 1.00. The van der Waals surface area contributed by atoms with E-state index in [0.717, 1.165) is 35.5 Å². The quantitative estimate of drug-likeness (QED) is 0.362. The molecule has 3 rings (SSSR count). The van der Waals surface area contributed by atoms with Crippen LogP contribution in [0.4, 0.5) is 0 Å². The van der Waals surface area contributed by atoms with Crippen molar-refractivity contribution in [1.29, 1.82) is 0 Å². The van der Waals surface area contributed by atoms with Gasteiger partial charge in [0.05, 0.1) is 0 Å². The standard InChI is InChI=1S/C14H26.C13H26.3CH4/c1-13(2,3)11-8-9-7-10(9)12(11)14(4,5)6;1-12(2,3)10-8-7-9-11(10)13(4,5)6;;;/h9-12H,7-8H2,1-6H3;10-11H,7-9H2,1-6H3;3*1H4. The second-order valence-corrected chi connectivity index (χ2v) is 14.6. The van der Waals surface area contributed by atoms with Crippen LogP contribution < -0.4 is 0 Å². The Hall–Kier alpha value is 0. The minimum Gasteiger partial charge on any atom is -0.0776 e. The highest BCUT2D eigenvalue weighted by molar-refractivity contribution is 5.07. The lowest BCUT2D eigenvalue weighted by Gasteiger charge is -2.41. The first kappa shape index (κ1) is 32.2. The molecule has 6 atom stereocenters. The molecule has 0 spiro atoms. The van der Waals surface area contributed by atoms with Crippen molar-refractivity contribution in [3.05, 3.63) is 0 Å². The van der Waals surface area contributed by atoms with Crippen molar-refractivity contribution in [2.75, 3.05) is 0 Å². The molecule has 0 N–H and O–H groups in total. The zero-order valence-electron chi connectivity index (χ0n) is 21.0. The van der Waals surface area contributed by atoms with Gasteiger partial charge in [-0.15, -0.1) is 0 Å². The molecule has 0 amide bonds. The Labute approximate surface area is 194 Å². The van der Waals surface area contributed by atoms with Crippen LogP contribution in [0, 0.1) is 57.2 Å². The van der Waals surface area contributed by atoms with Gasteiger partial charge >= 0.3 is 0 Å². The van der Waals surface area contributed by atoms with Gasteiger partial charge in [-0.2, -0.15) is 0 Å². The molecule has 0 nitrogen and oxygen atoms in total. The van der Waals surface area contributed by atoms with E-state index in [1.807, 2.05) is 0 Å². The Morgan fingerprint density at radius 2 is 0.833 bits per heavy atom. The van der Waals surface area contributed by atoms with Crippen LogP contribution in [0.25, 0.3) is 0 Å². The van der Waals surface area contributed by atoms with Crippen LogP contribution in [-0.2, 0) is 0 Å². The average Bonchev–Trinajstić information content (AvgIpc) is 2.88. The molecule has 3 aliphatic rings. The monoisotopic (exact) mass is 425 g/mol. The largest absolute Gasteiger partial charge is 0.0776 e. The van der Waals surface area contributed by atoms with Crippen LogP contribution in [-0.4, -0.2) is 0 Å². The van der Waals surface area contributed by atoms with Gasteiger partial charge in [-0.1, -0.05) is 112 Å². The summed E-state index contributed by atoms with van der Waals surface area (Å²) in [7, 11) is 0. The highest BCUT2D eigenvalue weighted by atomic mass is 14.6. The zero-order valence-corrected chi connectivity index (χ0v) is 21.0. The topological polar surface area (TPSA) is 0 Å². The van der Waals surface area contributed by atoms with Crippen LogP contribution in [0.3, 0.4) is 0 Å². The van der Waals surface area contributed by atoms with Gasteiger partial charge in [0.2, 0.25) is 0 Å². The molecular weight excluding hydrogens is 360 g/mol. The number of rotatable bonds is 0. The molecule has 30 heavy (non-hydrogen) atoms. The lowest BCUT2D eigenvalue weighted by atomic mass is 9.64. The Bertz CT molecular complexity index is 464. The van der Waals surface area contributed by atoms with Crippen molar-refractivity contribution in [2.24, 2.45) is 57.2 Å². The van der Waals surface area contributed by atoms with Crippen molar-refractivity contribution in [3.63, 3.8) is 0 Å². The molecule has 0 aromatic heterocycles. The minimum atomic E-state index is 0. The lowest BCUT2D eigenvalue weighted by Crippen LogP contribution is -2.34. The molecule has 0 aliphatic heterocycles. The van der Waals surface area contributed by atoms with Crippen molar-refractivity contribution in [3.8, 4) is 0 Å². The van der Waals surface area contributed by atoms with E-state index in [0.29, 0.717) is 21.7 Å². The summed E-state index contributed by atoms with van der Waals surface area (Å²) >= 11 is 0. The van der Waals surface area contributed by atoms with Crippen molar-refractivity contribution >= 4 is 0 Å². The molecule has 3 fully saturated rings. The van der Waals surface area contributed by atoms with E-state index >= 15 is 0 Å². The van der Waals surface area contributed by atoms with Crippen LogP contribution >= 0.6 is 0 Å². The Morgan fingerprint density at radius 3 is 1.10 bits per heavy atom. The fourth-order valence-electron chi connectivity index (χ4n) is 6.92. The van der Waals surface area contributed by atoms with Gasteiger partial charge in [0, 0.05) is 0 Å². The highest BCUT2D eigenvalue weighted by Crippen LogP contribution is 2.66. The van der Waals surface area contributed by atoms with Gasteiger partial charge in [0.25, 0.3) is 0 Å². The van der Waals surface area contributed by atoms with E-state index in [-0.39, 0.29) is 22.3 Å². The van der Waals surface area contributed by atoms with Crippen molar-refractivity contribution in [1.82, 2.24) is 0 Å². The predicted octanol–water partition coefficient (Wildman–Crippen LogP) is 10.8. The molecular formula is C30H64. The van der Waals surface area contributed by atoms with Crippen molar-refractivity contribution < 1.29 is 0 Å². The van der Waals surface area contributed by atoms with Crippen LogP contribution in [0.15, 0.2) is 0 Å². The maximum atomic E-state index is 2.44. The molecule has 0 saturated heterocycles. The van der Waals surface area contributed by atoms with Gasteiger partial charge in [-0.3, -0.25) is 0 Å². The molecule has 3 aliphatic carbocycles. The molecule has 0 aromatic rings. The molecule has 0 heteroatoms. The second-order valence-electron chi connectivity index (χ2n) is 14.6. The third-order valence-electron chi connectivity index (χ3n) is 8.28. The molecule has 3 saturated carbocycles. The maximum absolute atomic E-state index is 2.44. The number of hydrogen-bond donors (Lipinski definition) is 0. The molecule has 0 radical (unpaired) electrons. The Kier molecular flexibility index (Phi) is 11.0. The van der Waals surface area contributed by atoms with Crippen molar-refractivity contribution in [2.45, 2.75) is 137 Å². The Balaban J connectivity index is 0. The summed E-state index contributed by atoms with van der Waals surface area (Å²) in [5.41, 5.74) is 2.06. The third kappa shape index (κ3) is 7.55. The summed E-state index contributed by atoms with van der Waals surface area (Å²) in [5, 5.41) is 0. The first-order chi connectivity index (χ1) is 11.9. The summed E-state index contributed by atoms with van der Waals surface area (Å²) < 4.78 is 0. The third-order valence-corrected chi connectivity index (χ3v) is 8.28. The second kappa shape index (κ2) is 10.3. The number of hydrogen-bond acceptors (Lipinski definition) is 0. The number of fused-ring (bicyclic) bond motifs is 1. The Morgan fingerprint density at radius 1 is 0.467 bits per heavy atom. The molecule has 0 bridgehead atoms. The summed E-state index contributed by atoms with van der Waals surface area (Å²) in [6.45, 7) is 29.0. The van der Waals surface area contributed by atoms with Crippen LogP contribution in [0.2, 0.25) is 0 Å². The van der Waals surface area contributed by atoms with E-state index in [4.69, 9.17) is 0 Å². The first-order valence-electron chi connectivity index (χ1n) is 11.9. The SMILES string of the molecule is C.C.C.CC(C)(C)C1CC2CC2C1C(C)(C)C.CC(C)(C)C1CCCC1C(C)(C)C. The predicted molar refractivity (Wildman–Crippen MR) is 142 cm³/mol. The highest BCUT2D eigenvalue weighted by Gasteiger charge is 2.58. The molecule has 0 heterocycles. The molecule has 0 aromatic carbocycles. The van der Waals surface area contributed by atoms with Gasteiger partial charge in [0.1, 0.15) is 0 Å². The fourth-order valence-corrected chi connectivity index (χ4v) is 6.92. The summed E-state index contributed by atoms with van der Waals surface area (Å²) in [6, 6.07) is 0. The normalized spacial score (nSPS) is 33.2.